The fourth-order valence-electron chi connectivity index (χ4n) is 4.05. The summed E-state index contributed by atoms with van der Waals surface area (Å²) in [5.41, 5.74) is -0.235. The van der Waals surface area contributed by atoms with Crippen LogP contribution >= 0.6 is 0 Å². The first-order valence-corrected chi connectivity index (χ1v) is 11.9. The summed E-state index contributed by atoms with van der Waals surface area (Å²) < 4.78 is 27.3. The molecule has 2 aliphatic rings. The number of nitrogens with zero attached hydrogens (tertiary/aromatic N) is 6. The Hall–Kier alpha value is -2.79. The van der Waals surface area contributed by atoms with Crippen molar-refractivity contribution in [3.8, 4) is 0 Å². The molecule has 2 aromatic rings. The quantitative estimate of drug-likeness (QED) is 0.507. The van der Waals surface area contributed by atoms with Crippen LogP contribution in [0.2, 0.25) is 0 Å². The smallest absolute Gasteiger partial charge is 0.270 e. The monoisotopic (exact) mass is 446 g/mol. The highest BCUT2D eigenvalue weighted by Gasteiger charge is 2.30. The Balaban J connectivity index is 1.48. The van der Waals surface area contributed by atoms with E-state index in [1.807, 2.05) is 13.0 Å². The summed E-state index contributed by atoms with van der Waals surface area (Å²) in [5.74, 6) is 2.43. The zero-order valence-electron chi connectivity index (χ0n) is 17.5. The van der Waals surface area contributed by atoms with Gasteiger partial charge in [-0.1, -0.05) is 6.07 Å². The second kappa shape index (κ2) is 8.75. The van der Waals surface area contributed by atoms with E-state index >= 15 is 0 Å². The van der Waals surface area contributed by atoms with Gasteiger partial charge in [-0.3, -0.25) is 10.1 Å². The highest BCUT2D eigenvalue weighted by Crippen LogP contribution is 2.26. The molecule has 1 aromatic carbocycles. The van der Waals surface area contributed by atoms with Gasteiger partial charge in [-0.05, 0) is 32.3 Å². The average molecular weight is 447 g/mol. The van der Waals surface area contributed by atoms with Gasteiger partial charge in [0.1, 0.15) is 17.5 Å². The molecule has 2 aliphatic heterocycles. The Morgan fingerprint density at radius 2 is 1.52 bits per heavy atom. The topological polar surface area (TPSA) is 113 Å². The second-order valence-corrected chi connectivity index (χ2v) is 9.76. The predicted octanol–water partition coefficient (Wildman–Crippen LogP) is 2.19. The van der Waals surface area contributed by atoms with Crippen molar-refractivity contribution in [2.24, 2.45) is 0 Å². The molecule has 0 atom stereocenters. The molecule has 166 valence electrons. The highest BCUT2D eigenvalue weighted by molar-refractivity contribution is 7.89. The van der Waals surface area contributed by atoms with Crippen LogP contribution in [0, 0.1) is 17.0 Å². The van der Waals surface area contributed by atoms with E-state index in [0.29, 0.717) is 18.9 Å². The number of non-ortho nitro benzene ring substituents is 1. The third kappa shape index (κ3) is 4.62. The molecule has 0 spiro atoms. The molecule has 0 unspecified atom stereocenters. The SMILES string of the molecule is Cc1nc(N2CCCCC2)cc(N2CCN(S(=O)(=O)c3cccc([N+](=O)[O-])c3)CC2)n1. The largest absolute Gasteiger partial charge is 0.356 e. The van der Waals surface area contributed by atoms with Crippen molar-refractivity contribution >= 4 is 27.3 Å². The maximum Gasteiger partial charge on any atom is 0.270 e. The average Bonchev–Trinajstić information content (AvgIpc) is 2.79. The maximum absolute atomic E-state index is 13.0. The van der Waals surface area contributed by atoms with E-state index in [-0.39, 0.29) is 23.7 Å². The van der Waals surface area contributed by atoms with Crippen LogP contribution in [0.25, 0.3) is 0 Å². The summed E-state index contributed by atoms with van der Waals surface area (Å²) >= 11 is 0. The van der Waals surface area contributed by atoms with Gasteiger partial charge in [-0.25, -0.2) is 18.4 Å². The lowest BCUT2D eigenvalue weighted by atomic mass is 10.1. The Labute approximate surface area is 181 Å². The fraction of sp³-hybridized carbons (Fsp3) is 0.500. The summed E-state index contributed by atoms with van der Waals surface area (Å²) in [4.78, 5) is 23.9. The third-order valence-corrected chi connectivity index (χ3v) is 7.61. The van der Waals surface area contributed by atoms with Crippen LogP contribution in [-0.2, 0) is 10.0 Å². The number of hydrogen-bond donors (Lipinski definition) is 0. The second-order valence-electron chi connectivity index (χ2n) is 7.82. The third-order valence-electron chi connectivity index (χ3n) is 5.72. The predicted molar refractivity (Wildman–Crippen MR) is 117 cm³/mol. The number of sulfonamides is 1. The Morgan fingerprint density at radius 1 is 0.903 bits per heavy atom. The lowest BCUT2D eigenvalue weighted by Crippen LogP contribution is -2.49. The normalized spacial score (nSPS) is 18.2. The fourth-order valence-corrected chi connectivity index (χ4v) is 5.51. The first-order valence-electron chi connectivity index (χ1n) is 10.4. The van der Waals surface area contributed by atoms with E-state index in [9.17, 15) is 18.5 Å². The number of benzene rings is 1. The van der Waals surface area contributed by atoms with Gasteiger partial charge in [0.05, 0.1) is 9.82 Å². The number of nitro groups is 1. The van der Waals surface area contributed by atoms with E-state index in [0.717, 1.165) is 43.6 Å². The molecule has 0 saturated carbocycles. The molecule has 2 fully saturated rings. The Kier molecular flexibility index (Phi) is 6.05. The number of anilines is 2. The summed E-state index contributed by atoms with van der Waals surface area (Å²) in [7, 11) is -3.80. The van der Waals surface area contributed by atoms with Crippen molar-refractivity contribution in [1.82, 2.24) is 14.3 Å². The number of rotatable bonds is 5. The van der Waals surface area contributed by atoms with E-state index in [4.69, 9.17) is 0 Å². The summed E-state index contributed by atoms with van der Waals surface area (Å²) in [6.07, 6.45) is 3.56. The van der Waals surface area contributed by atoms with E-state index in [1.165, 1.54) is 28.9 Å². The number of aryl methyl sites for hydroxylation is 1. The lowest BCUT2D eigenvalue weighted by Gasteiger charge is -2.35. The van der Waals surface area contributed by atoms with Gasteiger partial charge >= 0.3 is 0 Å². The minimum absolute atomic E-state index is 0.0552. The highest BCUT2D eigenvalue weighted by atomic mass is 32.2. The molecule has 31 heavy (non-hydrogen) atoms. The van der Waals surface area contributed by atoms with Gasteiger partial charge in [-0.15, -0.1) is 0 Å². The van der Waals surface area contributed by atoms with Crippen molar-refractivity contribution < 1.29 is 13.3 Å². The Bertz CT molecular complexity index is 1060. The molecule has 11 heteroatoms. The zero-order chi connectivity index (χ0) is 22.0. The van der Waals surface area contributed by atoms with Crippen LogP contribution in [0.5, 0.6) is 0 Å². The minimum Gasteiger partial charge on any atom is -0.356 e. The van der Waals surface area contributed by atoms with Crippen LogP contribution in [0.1, 0.15) is 25.1 Å². The number of piperazine rings is 1. The number of hydrogen-bond acceptors (Lipinski definition) is 8. The molecule has 3 heterocycles. The van der Waals surface area contributed by atoms with Crippen LogP contribution in [0.3, 0.4) is 0 Å². The van der Waals surface area contributed by atoms with Gasteiger partial charge in [0.25, 0.3) is 5.69 Å². The van der Waals surface area contributed by atoms with Gasteiger partial charge in [0.15, 0.2) is 0 Å². The zero-order valence-corrected chi connectivity index (χ0v) is 18.3. The van der Waals surface area contributed by atoms with Gasteiger partial charge in [-0.2, -0.15) is 4.31 Å². The molecular formula is C20H26N6O4S. The van der Waals surface area contributed by atoms with Crippen LogP contribution in [-0.4, -0.2) is 66.9 Å². The van der Waals surface area contributed by atoms with Crippen molar-refractivity contribution in [2.75, 3.05) is 49.1 Å². The molecule has 0 bridgehead atoms. The molecule has 4 rings (SSSR count). The molecule has 1 aromatic heterocycles. The van der Waals surface area contributed by atoms with Gasteiger partial charge < -0.3 is 9.80 Å². The summed E-state index contributed by atoms with van der Waals surface area (Å²) in [6.45, 7) is 5.41. The lowest BCUT2D eigenvalue weighted by molar-refractivity contribution is -0.385. The van der Waals surface area contributed by atoms with Crippen molar-refractivity contribution in [3.05, 3.63) is 46.3 Å². The number of nitro benzene ring substituents is 1. The van der Waals surface area contributed by atoms with E-state index in [1.54, 1.807) is 0 Å². The number of piperidine rings is 1. The van der Waals surface area contributed by atoms with Crippen molar-refractivity contribution in [3.63, 3.8) is 0 Å². The van der Waals surface area contributed by atoms with Gasteiger partial charge in [0, 0.05) is 57.5 Å². The summed E-state index contributed by atoms with van der Waals surface area (Å²) in [5, 5.41) is 11.0. The molecule has 0 radical (unpaired) electrons. The minimum atomic E-state index is -3.80. The molecule has 0 amide bonds. The maximum atomic E-state index is 13.0. The standard InChI is InChI=1S/C20H26N6O4S/c1-16-21-19(23-8-3-2-4-9-23)15-20(22-16)24-10-12-25(13-11-24)31(29,30)18-7-5-6-17(14-18)26(27)28/h5-7,14-15H,2-4,8-13H2,1H3. The summed E-state index contributed by atoms with van der Waals surface area (Å²) in [6, 6.07) is 7.18. The van der Waals surface area contributed by atoms with Crippen molar-refractivity contribution in [1.29, 1.82) is 0 Å². The molecule has 0 N–H and O–H groups in total. The molecule has 2 saturated heterocycles. The van der Waals surface area contributed by atoms with Crippen LogP contribution in [0.15, 0.2) is 35.2 Å². The van der Waals surface area contributed by atoms with E-state index in [2.05, 4.69) is 19.8 Å². The van der Waals surface area contributed by atoms with Crippen LogP contribution in [0.4, 0.5) is 17.3 Å². The molecule has 10 nitrogen and oxygen atoms in total. The molecule has 0 aliphatic carbocycles. The first-order chi connectivity index (χ1) is 14.8. The first kappa shape index (κ1) is 21.4. The van der Waals surface area contributed by atoms with Crippen molar-refractivity contribution in [2.45, 2.75) is 31.1 Å². The molecular weight excluding hydrogens is 420 g/mol. The van der Waals surface area contributed by atoms with Crippen LogP contribution < -0.4 is 9.80 Å². The Morgan fingerprint density at radius 3 is 2.13 bits per heavy atom. The van der Waals surface area contributed by atoms with E-state index < -0.39 is 14.9 Å². The van der Waals surface area contributed by atoms with Gasteiger partial charge in [0.2, 0.25) is 10.0 Å². The number of aromatic nitrogens is 2.